The lowest BCUT2D eigenvalue weighted by molar-refractivity contribution is 0.308. The molecule has 0 fully saturated rings. The number of rotatable bonds is 2. The molecular formula is C10H9BrFN5O. The van der Waals surface area contributed by atoms with Crippen molar-refractivity contribution in [2.45, 2.75) is 0 Å². The van der Waals surface area contributed by atoms with E-state index < -0.39 is 0 Å². The molecule has 0 saturated heterocycles. The first-order valence-corrected chi connectivity index (χ1v) is 5.68. The Morgan fingerprint density at radius 2 is 2.28 bits per heavy atom. The summed E-state index contributed by atoms with van der Waals surface area (Å²) in [7, 11) is 1.56. The lowest BCUT2D eigenvalue weighted by Gasteiger charge is -2.07. The fourth-order valence-corrected chi connectivity index (χ4v) is 1.67. The number of aliphatic imine (C=N–C) groups is 1. The van der Waals surface area contributed by atoms with E-state index in [9.17, 15) is 4.39 Å². The van der Waals surface area contributed by atoms with Gasteiger partial charge in [0.1, 0.15) is 5.82 Å². The molecule has 8 heteroatoms. The SMILES string of the molecule is CN=C(Nc1ccc(F)c(Br)c1)c1nonc1N. The number of nitrogen functional groups attached to an aromatic ring is 1. The van der Waals surface area contributed by atoms with E-state index in [2.05, 4.69) is 41.2 Å². The number of anilines is 2. The van der Waals surface area contributed by atoms with Crippen LogP contribution >= 0.6 is 15.9 Å². The first-order chi connectivity index (χ1) is 8.61. The van der Waals surface area contributed by atoms with Gasteiger partial charge in [-0.1, -0.05) is 0 Å². The van der Waals surface area contributed by atoms with Gasteiger partial charge in [-0.25, -0.2) is 9.02 Å². The van der Waals surface area contributed by atoms with Crippen LogP contribution in [0.15, 0.2) is 32.3 Å². The van der Waals surface area contributed by atoms with E-state index >= 15 is 0 Å². The number of aromatic nitrogens is 2. The molecule has 1 aromatic carbocycles. The van der Waals surface area contributed by atoms with Gasteiger partial charge in [0, 0.05) is 12.7 Å². The summed E-state index contributed by atoms with van der Waals surface area (Å²) < 4.78 is 17.9. The summed E-state index contributed by atoms with van der Waals surface area (Å²) in [6.45, 7) is 0. The summed E-state index contributed by atoms with van der Waals surface area (Å²) in [5.41, 5.74) is 6.50. The van der Waals surface area contributed by atoms with Crippen molar-refractivity contribution in [2.24, 2.45) is 4.99 Å². The van der Waals surface area contributed by atoms with E-state index in [1.54, 1.807) is 19.2 Å². The van der Waals surface area contributed by atoms with Crippen LogP contribution in [0.25, 0.3) is 0 Å². The zero-order valence-corrected chi connectivity index (χ0v) is 10.9. The maximum Gasteiger partial charge on any atom is 0.199 e. The summed E-state index contributed by atoms with van der Waals surface area (Å²) >= 11 is 3.10. The first kappa shape index (κ1) is 12.5. The molecule has 3 N–H and O–H groups in total. The van der Waals surface area contributed by atoms with Crippen molar-refractivity contribution in [2.75, 3.05) is 18.1 Å². The smallest absolute Gasteiger partial charge is 0.199 e. The molecule has 0 saturated carbocycles. The summed E-state index contributed by atoms with van der Waals surface area (Å²) in [5, 5.41) is 10.0. The molecule has 94 valence electrons. The molecule has 0 aliphatic heterocycles. The maximum atomic E-state index is 13.1. The maximum absolute atomic E-state index is 13.1. The van der Waals surface area contributed by atoms with Crippen molar-refractivity contribution < 1.29 is 9.02 Å². The van der Waals surface area contributed by atoms with E-state index in [0.717, 1.165) is 0 Å². The summed E-state index contributed by atoms with van der Waals surface area (Å²) in [5.74, 6) is 0.162. The van der Waals surface area contributed by atoms with Crippen molar-refractivity contribution in [3.05, 3.63) is 34.2 Å². The predicted molar refractivity (Wildman–Crippen MR) is 68.9 cm³/mol. The Balaban J connectivity index is 2.27. The normalized spacial score (nSPS) is 11.6. The summed E-state index contributed by atoms with van der Waals surface area (Å²) in [6, 6.07) is 4.46. The fourth-order valence-electron chi connectivity index (χ4n) is 1.29. The molecule has 0 radical (unpaired) electrons. The van der Waals surface area contributed by atoms with Crippen LogP contribution in [-0.2, 0) is 0 Å². The van der Waals surface area contributed by atoms with Crippen molar-refractivity contribution in [3.8, 4) is 0 Å². The summed E-state index contributed by atoms with van der Waals surface area (Å²) in [4.78, 5) is 3.99. The highest BCUT2D eigenvalue weighted by atomic mass is 79.9. The molecule has 0 unspecified atom stereocenters. The zero-order valence-electron chi connectivity index (χ0n) is 9.32. The predicted octanol–water partition coefficient (Wildman–Crippen LogP) is 2.04. The molecule has 6 nitrogen and oxygen atoms in total. The number of nitrogens with zero attached hydrogens (tertiary/aromatic N) is 3. The minimum absolute atomic E-state index is 0.129. The van der Waals surface area contributed by atoms with Gasteiger partial charge in [-0.15, -0.1) is 0 Å². The topological polar surface area (TPSA) is 89.3 Å². The average Bonchev–Trinajstić information content (AvgIpc) is 2.77. The highest BCUT2D eigenvalue weighted by Crippen LogP contribution is 2.20. The second kappa shape index (κ2) is 5.13. The molecule has 1 aromatic heterocycles. The van der Waals surface area contributed by atoms with Crippen LogP contribution in [-0.4, -0.2) is 23.2 Å². The Morgan fingerprint density at radius 3 is 2.83 bits per heavy atom. The Bertz CT molecular complexity index is 598. The van der Waals surface area contributed by atoms with Gasteiger partial charge >= 0.3 is 0 Å². The van der Waals surface area contributed by atoms with Crippen molar-refractivity contribution >= 4 is 33.3 Å². The second-order valence-corrected chi connectivity index (χ2v) is 4.18. The van der Waals surface area contributed by atoms with Crippen LogP contribution in [0.4, 0.5) is 15.9 Å². The number of benzene rings is 1. The molecule has 0 aliphatic carbocycles. The van der Waals surface area contributed by atoms with Gasteiger partial charge in [0.25, 0.3) is 0 Å². The highest BCUT2D eigenvalue weighted by Gasteiger charge is 2.14. The minimum Gasteiger partial charge on any atom is -0.379 e. The minimum atomic E-state index is -0.349. The first-order valence-electron chi connectivity index (χ1n) is 4.89. The molecule has 0 amide bonds. The standard InChI is InChI=1S/C10H9BrFN5O/c1-14-10(8-9(13)17-18-16-8)15-5-2-3-7(12)6(11)4-5/h2-4H,1H3,(H2,13,17)(H,14,15). The summed E-state index contributed by atoms with van der Waals surface area (Å²) in [6.07, 6.45) is 0. The molecule has 18 heavy (non-hydrogen) atoms. The van der Waals surface area contributed by atoms with Crippen molar-refractivity contribution in [1.29, 1.82) is 0 Å². The van der Waals surface area contributed by atoms with E-state index in [0.29, 0.717) is 21.7 Å². The average molecular weight is 314 g/mol. The molecule has 0 aliphatic rings. The van der Waals surface area contributed by atoms with Crippen LogP contribution in [0.2, 0.25) is 0 Å². The van der Waals surface area contributed by atoms with Gasteiger partial charge in [0.05, 0.1) is 4.47 Å². The molecule has 2 rings (SSSR count). The molecule has 0 spiro atoms. The molecular weight excluding hydrogens is 305 g/mol. The monoisotopic (exact) mass is 313 g/mol. The molecule has 1 heterocycles. The largest absolute Gasteiger partial charge is 0.379 e. The number of hydrogen-bond donors (Lipinski definition) is 2. The number of nitrogens with two attached hydrogens (primary N) is 1. The molecule has 0 atom stereocenters. The van der Waals surface area contributed by atoms with Gasteiger partial charge in [-0.3, -0.25) is 4.99 Å². The fraction of sp³-hybridized carbons (Fsp3) is 0.100. The van der Waals surface area contributed by atoms with Crippen molar-refractivity contribution in [1.82, 2.24) is 10.3 Å². The van der Waals surface area contributed by atoms with Crippen LogP contribution in [0.5, 0.6) is 0 Å². The van der Waals surface area contributed by atoms with Crippen LogP contribution in [0, 0.1) is 5.82 Å². The number of hydrogen-bond acceptors (Lipinski definition) is 5. The zero-order chi connectivity index (χ0) is 13.1. The number of halogens is 2. The highest BCUT2D eigenvalue weighted by molar-refractivity contribution is 9.10. The van der Waals surface area contributed by atoms with E-state index in [1.165, 1.54) is 6.07 Å². The molecule has 2 aromatic rings. The van der Waals surface area contributed by atoms with Crippen LogP contribution in [0.1, 0.15) is 5.69 Å². The number of amidine groups is 1. The van der Waals surface area contributed by atoms with E-state index in [4.69, 9.17) is 5.73 Å². The Labute approximate surface area is 110 Å². The molecule has 0 bridgehead atoms. The lowest BCUT2D eigenvalue weighted by atomic mass is 10.3. The van der Waals surface area contributed by atoms with E-state index in [-0.39, 0.29) is 11.6 Å². The number of nitrogens with one attached hydrogen (secondary N) is 1. The van der Waals surface area contributed by atoms with Gasteiger partial charge in [-0.2, -0.15) is 0 Å². The Morgan fingerprint density at radius 1 is 1.50 bits per heavy atom. The van der Waals surface area contributed by atoms with Gasteiger partial charge in [0.2, 0.25) is 0 Å². The van der Waals surface area contributed by atoms with Gasteiger partial charge in [-0.05, 0) is 44.4 Å². The quantitative estimate of drug-likeness (QED) is 0.654. The van der Waals surface area contributed by atoms with Gasteiger partial charge < -0.3 is 11.1 Å². The van der Waals surface area contributed by atoms with Crippen molar-refractivity contribution in [3.63, 3.8) is 0 Å². The lowest BCUT2D eigenvalue weighted by Crippen LogP contribution is -2.15. The third kappa shape index (κ3) is 2.48. The third-order valence-electron chi connectivity index (χ3n) is 2.14. The third-order valence-corrected chi connectivity index (χ3v) is 2.75. The van der Waals surface area contributed by atoms with Gasteiger partial charge in [0.15, 0.2) is 17.3 Å². The van der Waals surface area contributed by atoms with Crippen LogP contribution in [0.3, 0.4) is 0 Å². The van der Waals surface area contributed by atoms with E-state index in [1.807, 2.05) is 0 Å². The second-order valence-electron chi connectivity index (χ2n) is 3.32. The van der Waals surface area contributed by atoms with Crippen LogP contribution < -0.4 is 11.1 Å². The Hall–Kier alpha value is -1.96. The Kier molecular flexibility index (Phi) is 3.56.